The van der Waals surface area contributed by atoms with Gasteiger partial charge in [-0.3, -0.25) is 14.4 Å². The van der Waals surface area contributed by atoms with E-state index in [4.69, 9.17) is 5.11 Å². The first-order chi connectivity index (χ1) is 23.0. The fourth-order valence-corrected chi connectivity index (χ4v) is 5.97. The van der Waals surface area contributed by atoms with E-state index in [2.05, 4.69) is 26.6 Å². The van der Waals surface area contributed by atoms with E-state index in [0.29, 0.717) is 25.2 Å². The van der Waals surface area contributed by atoms with E-state index >= 15 is 0 Å². The Balaban J connectivity index is 1.54. The molecule has 0 heterocycles. The molecule has 1 aliphatic rings. The summed E-state index contributed by atoms with van der Waals surface area (Å²) >= 11 is 0. The van der Waals surface area contributed by atoms with E-state index in [-0.39, 0.29) is 37.1 Å². The second kappa shape index (κ2) is 19.2. The van der Waals surface area contributed by atoms with Gasteiger partial charge in [0.05, 0.1) is 0 Å². The Kier molecular flexibility index (Phi) is 15.1. The minimum absolute atomic E-state index is 0.00102. The van der Waals surface area contributed by atoms with Crippen molar-refractivity contribution in [2.24, 2.45) is 11.8 Å². The van der Waals surface area contributed by atoms with Crippen molar-refractivity contribution in [3.8, 4) is 0 Å². The van der Waals surface area contributed by atoms with Gasteiger partial charge < -0.3 is 41.9 Å². The minimum Gasteiger partial charge on any atom is -0.481 e. The van der Waals surface area contributed by atoms with Crippen LogP contribution >= 0.6 is 0 Å². The van der Waals surface area contributed by atoms with E-state index in [9.17, 15) is 39.0 Å². The third-order valence-corrected chi connectivity index (χ3v) is 8.67. The Hall–Kier alpha value is -4.72. The number of carboxylic acids is 3. The molecule has 14 nitrogen and oxygen atoms in total. The van der Waals surface area contributed by atoms with Gasteiger partial charge in [-0.1, -0.05) is 42.5 Å². The number of fused-ring (bicyclic) bond motifs is 1. The number of nitrogens with one attached hydrogen (secondary N) is 5. The lowest BCUT2D eigenvalue weighted by Gasteiger charge is -2.29. The molecule has 0 bridgehead atoms. The fourth-order valence-electron chi connectivity index (χ4n) is 5.97. The van der Waals surface area contributed by atoms with Crippen molar-refractivity contribution in [2.75, 3.05) is 20.1 Å². The van der Waals surface area contributed by atoms with Crippen molar-refractivity contribution in [2.45, 2.75) is 82.3 Å². The van der Waals surface area contributed by atoms with E-state index in [1.54, 1.807) is 0 Å². The highest BCUT2D eigenvalue weighted by Crippen LogP contribution is 2.28. The summed E-state index contributed by atoms with van der Waals surface area (Å²) < 4.78 is 0. The van der Waals surface area contributed by atoms with Crippen molar-refractivity contribution in [1.29, 1.82) is 0 Å². The number of carboxylic acid groups (broad SMARTS) is 3. The van der Waals surface area contributed by atoms with E-state index in [1.165, 1.54) is 0 Å². The molecule has 8 N–H and O–H groups in total. The van der Waals surface area contributed by atoms with E-state index in [1.807, 2.05) is 49.5 Å². The smallest absolute Gasteiger partial charge is 0.326 e. The van der Waals surface area contributed by atoms with Gasteiger partial charge in [0, 0.05) is 25.3 Å². The molecule has 0 aliphatic heterocycles. The molecule has 0 spiro atoms. The number of hydrogen-bond acceptors (Lipinski definition) is 7. The van der Waals surface area contributed by atoms with Crippen LogP contribution in [0.3, 0.4) is 0 Å². The van der Waals surface area contributed by atoms with Crippen molar-refractivity contribution in [1.82, 2.24) is 26.6 Å². The molecule has 0 saturated heterocycles. The molecular formula is C34H47N5O9. The molecule has 1 saturated carbocycles. The highest BCUT2D eigenvalue weighted by atomic mass is 16.4. The maximum Gasteiger partial charge on any atom is 0.326 e. The molecule has 4 amide bonds. The summed E-state index contributed by atoms with van der Waals surface area (Å²) in [6.07, 6.45) is 3.53. The molecular weight excluding hydrogens is 622 g/mol. The number of carbonyl (C=O) groups excluding carboxylic acids is 3. The van der Waals surface area contributed by atoms with Crippen molar-refractivity contribution in [3.63, 3.8) is 0 Å². The summed E-state index contributed by atoms with van der Waals surface area (Å²) in [7, 11) is 1.92. The summed E-state index contributed by atoms with van der Waals surface area (Å²) in [5.74, 6) is -4.12. The van der Waals surface area contributed by atoms with Crippen LogP contribution in [-0.4, -0.2) is 89.3 Å². The van der Waals surface area contributed by atoms with Crippen LogP contribution in [0, 0.1) is 11.8 Å². The first-order valence-electron chi connectivity index (χ1n) is 16.4. The Morgan fingerprint density at radius 3 is 2.04 bits per heavy atom. The Morgan fingerprint density at radius 1 is 0.771 bits per heavy atom. The van der Waals surface area contributed by atoms with Crippen molar-refractivity contribution >= 4 is 46.5 Å². The van der Waals surface area contributed by atoms with Crippen LogP contribution in [0.4, 0.5) is 4.79 Å². The summed E-state index contributed by atoms with van der Waals surface area (Å²) in [6, 6.07) is 9.12. The van der Waals surface area contributed by atoms with Gasteiger partial charge in [-0.15, -0.1) is 0 Å². The zero-order valence-electron chi connectivity index (χ0n) is 27.2. The van der Waals surface area contributed by atoms with Crippen LogP contribution in [0.2, 0.25) is 0 Å². The Bertz CT molecular complexity index is 1430. The lowest BCUT2D eigenvalue weighted by atomic mass is 9.81. The van der Waals surface area contributed by atoms with Crippen LogP contribution < -0.4 is 26.6 Å². The van der Waals surface area contributed by atoms with Gasteiger partial charge >= 0.3 is 23.9 Å². The zero-order chi connectivity index (χ0) is 35.1. The molecule has 3 atom stereocenters. The maximum absolute atomic E-state index is 13.4. The predicted molar refractivity (Wildman–Crippen MR) is 177 cm³/mol. The average molecular weight is 670 g/mol. The van der Waals surface area contributed by atoms with Crippen LogP contribution in [0.1, 0.15) is 63.4 Å². The molecule has 0 radical (unpaired) electrons. The number of unbranched alkanes of at least 4 members (excludes halogenated alkanes) is 1. The first kappa shape index (κ1) is 37.7. The molecule has 262 valence electrons. The van der Waals surface area contributed by atoms with Gasteiger partial charge in [-0.05, 0) is 87.2 Å². The van der Waals surface area contributed by atoms with Crippen LogP contribution in [0.25, 0.3) is 10.8 Å². The average Bonchev–Trinajstić information content (AvgIpc) is 3.05. The number of urea groups is 1. The number of hydrogen-bond donors (Lipinski definition) is 8. The summed E-state index contributed by atoms with van der Waals surface area (Å²) in [4.78, 5) is 72.7. The van der Waals surface area contributed by atoms with Crippen molar-refractivity contribution < 1.29 is 44.1 Å². The molecule has 1 aliphatic carbocycles. The Morgan fingerprint density at radius 2 is 1.42 bits per heavy atom. The molecule has 0 aromatic heterocycles. The van der Waals surface area contributed by atoms with E-state index < -0.39 is 48.5 Å². The third-order valence-electron chi connectivity index (χ3n) is 8.67. The number of benzene rings is 2. The standard InChI is InChI=1S/C34H47N5O9/c1-35-20-21-9-13-24(14-10-21)30(42)37-28(19-22-11-12-23-6-2-3-7-25(23)18-22)31(43)36-17-5-4-8-26(32(44)45)38-34(48)39-27(33(46)47)15-16-29(40)41/h2-3,6-7,11-12,18,21,24,26-28,35H,4-5,8-10,13-17,19-20H2,1H3,(H,36,43)(H,37,42)(H,40,41)(H,44,45)(H,46,47)(H2,38,39,48)/t21?,24?,26?,27-,28-/m0/s1. The highest BCUT2D eigenvalue weighted by Gasteiger charge is 2.30. The van der Waals surface area contributed by atoms with Crippen molar-refractivity contribution in [3.05, 3.63) is 48.0 Å². The zero-order valence-corrected chi connectivity index (χ0v) is 27.2. The lowest BCUT2D eigenvalue weighted by molar-refractivity contribution is -0.141. The highest BCUT2D eigenvalue weighted by molar-refractivity contribution is 5.89. The third kappa shape index (κ3) is 12.5. The van der Waals surface area contributed by atoms with E-state index in [0.717, 1.165) is 48.6 Å². The number of carbonyl (C=O) groups is 6. The second-order valence-electron chi connectivity index (χ2n) is 12.3. The number of aliphatic carboxylic acids is 3. The van der Waals surface area contributed by atoms with Crippen LogP contribution in [0.5, 0.6) is 0 Å². The van der Waals surface area contributed by atoms with Gasteiger partial charge in [0.1, 0.15) is 18.1 Å². The molecule has 3 rings (SSSR count). The van der Waals surface area contributed by atoms with Gasteiger partial charge in [0.15, 0.2) is 0 Å². The summed E-state index contributed by atoms with van der Waals surface area (Å²) in [6.45, 7) is 1.12. The van der Waals surface area contributed by atoms with Crippen LogP contribution in [0.15, 0.2) is 42.5 Å². The van der Waals surface area contributed by atoms with Gasteiger partial charge in [-0.25, -0.2) is 14.4 Å². The monoisotopic (exact) mass is 669 g/mol. The molecule has 1 fully saturated rings. The Labute approximate surface area is 279 Å². The largest absolute Gasteiger partial charge is 0.481 e. The normalized spacial score (nSPS) is 17.8. The molecule has 48 heavy (non-hydrogen) atoms. The van der Waals surface area contributed by atoms with Gasteiger partial charge in [0.2, 0.25) is 11.8 Å². The number of rotatable bonds is 19. The summed E-state index contributed by atoms with van der Waals surface area (Å²) in [5, 5.41) is 43.0. The fraction of sp³-hybridized carbons (Fsp3) is 0.529. The molecule has 1 unspecified atom stereocenters. The molecule has 2 aromatic carbocycles. The lowest BCUT2D eigenvalue weighted by Crippen LogP contribution is -2.51. The second-order valence-corrected chi connectivity index (χ2v) is 12.3. The SMILES string of the molecule is CNCC1CCC(C(=O)N[C@@H](Cc2ccc3ccccc3c2)C(=O)NCCCCC(NC(=O)N[C@@H](CCC(=O)O)C(=O)O)C(=O)O)CC1. The van der Waals surface area contributed by atoms with Gasteiger partial charge in [0.25, 0.3) is 0 Å². The van der Waals surface area contributed by atoms with Crippen LogP contribution in [-0.2, 0) is 30.4 Å². The number of amides is 4. The topological polar surface area (TPSA) is 223 Å². The molecule has 14 heteroatoms. The predicted octanol–water partition coefficient (Wildman–Crippen LogP) is 2.25. The first-order valence-corrected chi connectivity index (χ1v) is 16.4. The summed E-state index contributed by atoms with van der Waals surface area (Å²) in [5.41, 5.74) is 0.897. The maximum atomic E-state index is 13.4. The quantitative estimate of drug-likeness (QED) is 0.102. The van der Waals surface area contributed by atoms with Gasteiger partial charge in [-0.2, -0.15) is 0 Å². The molecule has 2 aromatic rings. The minimum atomic E-state index is -1.50.